The van der Waals surface area contributed by atoms with Crippen molar-refractivity contribution in [1.82, 2.24) is 0 Å². The van der Waals surface area contributed by atoms with Crippen molar-refractivity contribution in [3.8, 4) is 0 Å². The highest BCUT2D eigenvalue weighted by atomic mass is 19.1. The van der Waals surface area contributed by atoms with Crippen molar-refractivity contribution in [2.24, 2.45) is 5.73 Å². The van der Waals surface area contributed by atoms with E-state index in [2.05, 4.69) is 5.32 Å². The van der Waals surface area contributed by atoms with Crippen molar-refractivity contribution >= 4 is 17.3 Å². The molecular formula is C14H16FN3O2. The maximum Gasteiger partial charge on any atom is 0.250 e. The molecule has 0 aliphatic heterocycles. The van der Waals surface area contributed by atoms with E-state index in [1.807, 2.05) is 13.0 Å². The third-order valence-corrected chi connectivity index (χ3v) is 2.89. The van der Waals surface area contributed by atoms with Gasteiger partial charge in [-0.05, 0) is 31.2 Å². The van der Waals surface area contributed by atoms with Gasteiger partial charge in [0, 0.05) is 18.2 Å². The van der Waals surface area contributed by atoms with Gasteiger partial charge in [0.05, 0.1) is 17.5 Å². The summed E-state index contributed by atoms with van der Waals surface area (Å²) in [5.41, 5.74) is 11.0. The lowest BCUT2D eigenvalue weighted by Gasteiger charge is -2.16. The number of nitrogens with one attached hydrogen (secondary N) is 1. The quantitative estimate of drug-likeness (QED) is 0.730. The summed E-state index contributed by atoms with van der Waals surface area (Å²) in [6.07, 6.45) is 2.17. The highest BCUT2D eigenvalue weighted by Crippen LogP contribution is 2.23. The van der Waals surface area contributed by atoms with Crippen molar-refractivity contribution in [2.75, 3.05) is 11.1 Å². The third kappa shape index (κ3) is 3.09. The molecule has 0 aliphatic rings. The number of hydrogen-bond donors (Lipinski definition) is 3. The number of rotatable bonds is 5. The van der Waals surface area contributed by atoms with Crippen molar-refractivity contribution in [3.63, 3.8) is 0 Å². The molecule has 0 bridgehead atoms. The van der Waals surface area contributed by atoms with Gasteiger partial charge in [-0.25, -0.2) is 4.39 Å². The van der Waals surface area contributed by atoms with Crippen molar-refractivity contribution in [1.29, 1.82) is 0 Å². The molecule has 0 spiro atoms. The van der Waals surface area contributed by atoms with E-state index in [0.29, 0.717) is 6.42 Å². The van der Waals surface area contributed by atoms with Crippen LogP contribution >= 0.6 is 0 Å². The number of amides is 1. The van der Waals surface area contributed by atoms with E-state index < -0.39 is 11.7 Å². The zero-order valence-corrected chi connectivity index (χ0v) is 11.0. The van der Waals surface area contributed by atoms with Gasteiger partial charge in [-0.1, -0.05) is 0 Å². The number of benzene rings is 1. The zero-order valence-electron chi connectivity index (χ0n) is 11.0. The Morgan fingerprint density at radius 1 is 1.50 bits per heavy atom. The number of hydrogen-bond acceptors (Lipinski definition) is 4. The number of carbonyl (C=O) groups is 1. The van der Waals surface area contributed by atoms with Crippen LogP contribution in [0.1, 0.15) is 23.0 Å². The Hall–Kier alpha value is -2.50. The lowest BCUT2D eigenvalue weighted by atomic mass is 10.1. The summed E-state index contributed by atoms with van der Waals surface area (Å²) in [6.45, 7) is 1.88. The molecule has 1 amide bonds. The lowest BCUT2D eigenvalue weighted by molar-refractivity contribution is 0.100. The molecule has 20 heavy (non-hydrogen) atoms. The summed E-state index contributed by atoms with van der Waals surface area (Å²) in [7, 11) is 0. The molecule has 0 saturated heterocycles. The molecule has 1 heterocycles. The van der Waals surface area contributed by atoms with Crippen LogP contribution in [0.4, 0.5) is 15.8 Å². The Bertz CT molecular complexity index is 611. The smallest absolute Gasteiger partial charge is 0.250 e. The number of furan rings is 1. The molecule has 1 atom stereocenters. The van der Waals surface area contributed by atoms with Gasteiger partial charge in [-0.2, -0.15) is 0 Å². The van der Waals surface area contributed by atoms with E-state index in [1.165, 1.54) is 6.07 Å². The van der Waals surface area contributed by atoms with E-state index in [0.717, 1.165) is 11.8 Å². The molecule has 0 saturated carbocycles. The molecule has 5 N–H and O–H groups in total. The molecule has 5 nitrogen and oxygen atoms in total. The van der Waals surface area contributed by atoms with Crippen molar-refractivity contribution in [2.45, 2.75) is 19.4 Å². The van der Waals surface area contributed by atoms with Gasteiger partial charge in [0.25, 0.3) is 5.91 Å². The van der Waals surface area contributed by atoms with Crippen LogP contribution in [0.5, 0.6) is 0 Å². The van der Waals surface area contributed by atoms with Gasteiger partial charge >= 0.3 is 0 Å². The summed E-state index contributed by atoms with van der Waals surface area (Å²) < 4.78 is 19.0. The molecule has 2 rings (SSSR count). The van der Waals surface area contributed by atoms with Crippen LogP contribution in [0.2, 0.25) is 0 Å². The number of primary amides is 1. The van der Waals surface area contributed by atoms with Crippen LogP contribution < -0.4 is 16.8 Å². The van der Waals surface area contributed by atoms with E-state index in [1.54, 1.807) is 12.3 Å². The molecule has 0 radical (unpaired) electrons. The van der Waals surface area contributed by atoms with E-state index in [-0.39, 0.29) is 23.0 Å². The predicted molar refractivity (Wildman–Crippen MR) is 74.8 cm³/mol. The summed E-state index contributed by atoms with van der Waals surface area (Å²) in [4.78, 5) is 11.2. The van der Waals surface area contributed by atoms with E-state index in [9.17, 15) is 9.18 Å². The Morgan fingerprint density at radius 2 is 2.25 bits per heavy atom. The van der Waals surface area contributed by atoms with E-state index in [4.69, 9.17) is 15.9 Å². The number of carbonyl (C=O) groups excluding carboxylic acids is 1. The summed E-state index contributed by atoms with van der Waals surface area (Å²) in [5.74, 6) is -0.431. The second-order valence-corrected chi connectivity index (χ2v) is 4.61. The molecule has 2 aromatic rings. The van der Waals surface area contributed by atoms with Crippen molar-refractivity contribution in [3.05, 3.63) is 47.7 Å². The minimum absolute atomic E-state index is 0.0271. The standard InChI is InChI=1S/C14H16FN3O2/c1-8(5-9-3-2-4-20-9)18-13-6-10(14(17)19)12(16)7-11(13)15/h2-4,6-8,18H,5,16H2,1H3,(H2,17,19). The third-order valence-electron chi connectivity index (χ3n) is 2.89. The first kappa shape index (κ1) is 13.9. The topological polar surface area (TPSA) is 94.3 Å². The highest BCUT2D eigenvalue weighted by Gasteiger charge is 2.14. The number of nitrogens with two attached hydrogens (primary N) is 2. The van der Waals surface area contributed by atoms with Gasteiger partial charge in [0.1, 0.15) is 11.6 Å². The van der Waals surface area contributed by atoms with Crippen LogP contribution in [-0.4, -0.2) is 11.9 Å². The zero-order chi connectivity index (χ0) is 14.7. The predicted octanol–water partition coefficient (Wildman–Crippen LogP) is 2.14. The fourth-order valence-electron chi connectivity index (χ4n) is 1.96. The molecule has 0 aliphatic carbocycles. The summed E-state index contributed by atoms with van der Waals surface area (Å²) >= 11 is 0. The summed E-state index contributed by atoms with van der Waals surface area (Å²) in [5, 5.41) is 2.97. The van der Waals surface area contributed by atoms with Gasteiger partial charge in [-0.3, -0.25) is 4.79 Å². The average molecular weight is 277 g/mol. The monoisotopic (exact) mass is 277 g/mol. The molecular weight excluding hydrogens is 261 g/mol. The SMILES string of the molecule is CC(Cc1ccco1)Nc1cc(C(N)=O)c(N)cc1F. The Labute approximate surface area is 115 Å². The Balaban J connectivity index is 2.16. The van der Waals surface area contributed by atoms with Gasteiger partial charge in [0.15, 0.2) is 0 Å². The molecule has 6 heteroatoms. The Morgan fingerprint density at radius 3 is 2.85 bits per heavy atom. The minimum Gasteiger partial charge on any atom is -0.469 e. The maximum absolute atomic E-state index is 13.8. The first-order chi connectivity index (χ1) is 9.47. The largest absolute Gasteiger partial charge is 0.469 e. The molecule has 1 unspecified atom stereocenters. The molecule has 1 aromatic heterocycles. The molecule has 1 aromatic carbocycles. The lowest BCUT2D eigenvalue weighted by Crippen LogP contribution is -2.20. The number of halogens is 1. The van der Waals surface area contributed by atoms with Crippen LogP contribution in [0, 0.1) is 5.82 Å². The Kier molecular flexibility index (Phi) is 3.93. The second kappa shape index (κ2) is 5.64. The average Bonchev–Trinajstić information content (AvgIpc) is 2.84. The first-order valence-corrected chi connectivity index (χ1v) is 6.15. The summed E-state index contributed by atoms with van der Waals surface area (Å²) in [6, 6.07) is 5.96. The van der Waals surface area contributed by atoms with Crippen LogP contribution in [0.15, 0.2) is 34.9 Å². The van der Waals surface area contributed by atoms with Gasteiger partial charge in [-0.15, -0.1) is 0 Å². The fraction of sp³-hybridized carbons (Fsp3) is 0.214. The van der Waals surface area contributed by atoms with Crippen LogP contribution in [0.3, 0.4) is 0 Å². The normalized spacial score (nSPS) is 12.1. The molecule has 0 fully saturated rings. The highest BCUT2D eigenvalue weighted by molar-refractivity contribution is 5.99. The minimum atomic E-state index is -0.691. The van der Waals surface area contributed by atoms with Crippen molar-refractivity contribution < 1.29 is 13.6 Å². The van der Waals surface area contributed by atoms with Gasteiger partial charge < -0.3 is 21.2 Å². The van der Waals surface area contributed by atoms with E-state index >= 15 is 0 Å². The maximum atomic E-state index is 13.8. The number of anilines is 2. The molecule has 106 valence electrons. The fourth-order valence-corrected chi connectivity index (χ4v) is 1.96. The van der Waals surface area contributed by atoms with Crippen LogP contribution in [-0.2, 0) is 6.42 Å². The number of nitrogen functional groups attached to an aromatic ring is 1. The second-order valence-electron chi connectivity index (χ2n) is 4.61. The van der Waals surface area contributed by atoms with Gasteiger partial charge in [0.2, 0.25) is 0 Å². The first-order valence-electron chi connectivity index (χ1n) is 6.15. The van der Waals surface area contributed by atoms with Crippen LogP contribution in [0.25, 0.3) is 0 Å².